The molecular weight excluding hydrogens is 327 g/mol. The molecule has 0 aliphatic carbocycles. The van der Waals surface area contributed by atoms with Crippen molar-refractivity contribution < 1.29 is 14.0 Å². The van der Waals surface area contributed by atoms with E-state index in [0.717, 1.165) is 0 Å². The molecule has 0 saturated heterocycles. The van der Waals surface area contributed by atoms with E-state index in [1.54, 1.807) is 30.3 Å². The number of furan rings is 1. The first-order valence-electron chi connectivity index (χ1n) is 6.48. The van der Waals surface area contributed by atoms with Gasteiger partial charge in [-0.3, -0.25) is 9.59 Å². The Morgan fingerprint density at radius 2 is 1.91 bits per heavy atom. The van der Waals surface area contributed by atoms with Crippen molar-refractivity contribution in [2.75, 3.05) is 11.9 Å². The van der Waals surface area contributed by atoms with E-state index in [1.165, 1.54) is 18.1 Å². The minimum Gasteiger partial charge on any atom is -0.467 e. The van der Waals surface area contributed by atoms with Gasteiger partial charge >= 0.3 is 0 Å². The van der Waals surface area contributed by atoms with Crippen LogP contribution in [0.4, 0.5) is 5.69 Å². The van der Waals surface area contributed by atoms with Crippen molar-refractivity contribution in [1.82, 2.24) is 4.90 Å². The number of nitrogens with zero attached hydrogens (tertiary/aromatic N) is 1. The minimum absolute atomic E-state index is 0.0971. The van der Waals surface area contributed by atoms with Crippen LogP contribution in [-0.4, -0.2) is 23.3 Å². The lowest BCUT2D eigenvalue weighted by Gasteiger charge is -2.19. The zero-order valence-electron chi connectivity index (χ0n) is 11.8. The van der Waals surface area contributed by atoms with Crippen LogP contribution in [0.5, 0.6) is 0 Å². The maximum absolute atomic E-state index is 12.1. The summed E-state index contributed by atoms with van der Waals surface area (Å²) in [6.07, 6.45) is 1.52. The summed E-state index contributed by atoms with van der Waals surface area (Å²) in [7, 11) is 0. The summed E-state index contributed by atoms with van der Waals surface area (Å²) >= 11 is 11.7. The first-order chi connectivity index (χ1) is 10.4. The molecule has 2 amide bonds. The maximum Gasteiger partial charge on any atom is 0.244 e. The minimum atomic E-state index is -0.347. The molecule has 0 radical (unpaired) electrons. The molecule has 0 unspecified atom stereocenters. The Hall–Kier alpha value is -1.98. The third-order valence-electron chi connectivity index (χ3n) is 2.85. The van der Waals surface area contributed by atoms with Crippen molar-refractivity contribution in [2.45, 2.75) is 13.5 Å². The Labute approximate surface area is 137 Å². The van der Waals surface area contributed by atoms with Crippen LogP contribution in [0, 0.1) is 0 Å². The van der Waals surface area contributed by atoms with Crippen LogP contribution in [0.25, 0.3) is 0 Å². The molecule has 1 aromatic carbocycles. The Balaban J connectivity index is 2.00. The van der Waals surface area contributed by atoms with Gasteiger partial charge in [-0.15, -0.1) is 0 Å². The molecule has 0 aliphatic rings. The summed E-state index contributed by atoms with van der Waals surface area (Å²) in [5, 5.41) is 3.49. The second-order valence-corrected chi connectivity index (χ2v) is 5.53. The summed E-state index contributed by atoms with van der Waals surface area (Å²) in [5.41, 5.74) is 0.476. The summed E-state index contributed by atoms with van der Waals surface area (Å²) in [5.74, 6) is 0.0320. The van der Waals surface area contributed by atoms with Gasteiger partial charge in [0.05, 0.1) is 12.8 Å². The van der Waals surface area contributed by atoms with Crippen molar-refractivity contribution in [3.8, 4) is 0 Å². The van der Waals surface area contributed by atoms with Crippen LogP contribution < -0.4 is 5.32 Å². The molecule has 0 bridgehead atoms. The van der Waals surface area contributed by atoms with E-state index in [-0.39, 0.29) is 24.9 Å². The topological polar surface area (TPSA) is 62.6 Å². The summed E-state index contributed by atoms with van der Waals surface area (Å²) in [4.78, 5) is 25.1. The number of halogens is 2. The second kappa shape index (κ2) is 7.33. The lowest BCUT2D eigenvalue weighted by Crippen LogP contribution is -2.36. The fourth-order valence-corrected chi connectivity index (χ4v) is 2.40. The molecule has 1 aromatic heterocycles. The van der Waals surface area contributed by atoms with Gasteiger partial charge in [0.2, 0.25) is 11.8 Å². The van der Waals surface area contributed by atoms with E-state index in [0.29, 0.717) is 21.5 Å². The van der Waals surface area contributed by atoms with Crippen molar-refractivity contribution in [2.24, 2.45) is 0 Å². The molecule has 2 aromatic rings. The molecule has 22 heavy (non-hydrogen) atoms. The number of hydrogen-bond donors (Lipinski definition) is 1. The molecule has 1 heterocycles. The van der Waals surface area contributed by atoms with Gasteiger partial charge in [-0.25, -0.2) is 0 Å². The number of hydrogen-bond acceptors (Lipinski definition) is 3. The number of rotatable bonds is 5. The van der Waals surface area contributed by atoms with Crippen molar-refractivity contribution >= 4 is 40.7 Å². The van der Waals surface area contributed by atoms with Crippen molar-refractivity contribution in [3.05, 3.63) is 52.4 Å². The molecule has 0 saturated carbocycles. The molecule has 0 atom stereocenters. The standard InChI is InChI=1S/C15H14Cl2N2O3/c1-10(20)19(8-14-3-2-4-22-14)9-15(21)18-13-6-11(16)5-12(17)7-13/h2-7H,8-9H2,1H3,(H,18,21). The SMILES string of the molecule is CC(=O)N(CC(=O)Nc1cc(Cl)cc(Cl)c1)Cc1ccco1. The van der Waals surface area contributed by atoms with E-state index in [1.807, 2.05) is 0 Å². The zero-order valence-corrected chi connectivity index (χ0v) is 13.3. The first kappa shape index (κ1) is 16.4. The molecule has 5 nitrogen and oxygen atoms in total. The van der Waals surface area contributed by atoms with Gasteiger partial charge in [0.25, 0.3) is 0 Å². The third-order valence-corrected chi connectivity index (χ3v) is 3.29. The fraction of sp³-hybridized carbons (Fsp3) is 0.200. The van der Waals surface area contributed by atoms with E-state index in [9.17, 15) is 9.59 Å². The van der Waals surface area contributed by atoms with Crippen LogP contribution in [-0.2, 0) is 16.1 Å². The molecule has 116 valence electrons. The van der Waals surface area contributed by atoms with Crippen LogP contribution in [0.15, 0.2) is 41.0 Å². The average Bonchev–Trinajstić information content (AvgIpc) is 2.89. The molecule has 0 fully saturated rings. The number of benzene rings is 1. The molecule has 0 spiro atoms. The number of carbonyl (C=O) groups is 2. The highest BCUT2D eigenvalue weighted by molar-refractivity contribution is 6.35. The highest BCUT2D eigenvalue weighted by Gasteiger charge is 2.15. The first-order valence-corrected chi connectivity index (χ1v) is 7.23. The van der Waals surface area contributed by atoms with E-state index < -0.39 is 0 Å². The number of amides is 2. The fourth-order valence-electron chi connectivity index (χ4n) is 1.87. The van der Waals surface area contributed by atoms with Gasteiger partial charge in [-0.05, 0) is 30.3 Å². The highest BCUT2D eigenvalue weighted by Crippen LogP contribution is 2.22. The van der Waals surface area contributed by atoms with E-state index in [2.05, 4.69) is 5.32 Å². The maximum atomic E-state index is 12.1. The third kappa shape index (κ3) is 4.79. The van der Waals surface area contributed by atoms with Gasteiger partial charge in [0, 0.05) is 22.7 Å². The monoisotopic (exact) mass is 340 g/mol. The largest absolute Gasteiger partial charge is 0.467 e. The van der Waals surface area contributed by atoms with Crippen LogP contribution >= 0.6 is 23.2 Å². The number of carbonyl (C=O) groups excluding carboxylic acids is 2. The molecule has 1 N–H and O–H groups in total. The van der Waals surface area contributed by atoms with E-state index >= 15 is 0 Å². The molecule has 0 aliphatic heterocycles. The second-order valence-electron chi connectivity index (χ2n) is 4.66. The van der Waals surface area contributed by atoms with Crippen LogP contribution in [0.1, 0.15) is 12.7 Å². The van der Waals surface area contributed by atoms with Crippen molar-refractivity contribution in [1.29, 1.82) is 0 Å². The van der Waals surface area contributed by atoms with Gasteiger partial charge in [-0.1, -0.05) is 23.2 Å². The highest BCUT2D eigenvalue weighted by atomic mass is 35.5. The number of nitrogens with one attached hydrogen (secondary N) is 1. The van der Waals surface area contributed by atoms with Gasteiger partial charge in [0.15, 0.2) is 0 Å². The van der Waals surface area contributed by atoms with Crippen LogP contribution in [0.2, 0.25) is 10.0 Å². The summed E-state index contributed by atoms with van der Waals surface area (Å²) in [6, 6.07) is 8.19. The Bertz CT molecular complexity index is 651. The normalized spacial score (nSPS) is 10.3. The van der Waals surface area contributed by atoms with Gasteiger partial charge < -0.3 is 14.6 Å². The van der Waals surface area contributed by atoms with Crippen molar-refractivity contribution in [3.63, 3.8) is 0 Å². The van der Waals surface area contributed by atoms with Crippen LogP contribution in [0.3, 0.4) is 0 Å². The van der Waals surface area contributed by atoms with Gasteiger partial charge in [-0.2, -0.15) is 0 Å². The molecular formula is C15H14Cl2N2O3. The molecule has 2 rings (SSSR count). The Morgan fingerprint density at radius 3 is 2.45 bits per heavy atom. The molecule has 7 heteroatoms. The summed E-state index contributed by atoms with van der Waals surface area (Å²) in [6.45, 7) is 1.53. The summed E-state index contributed by atoms with van der Waals surface area (Å²) < 4.78 is 5.18. The average molecular weight is 341 g/mol. The predicted molar refractivity (Wildman–Crippen MR) is 84.9 cm³/mol. The Kier molecular flexibility index (Phi) is 5.46. The smallest absolute Gasteiger partial charge is 0.244 e. The quantitative estimate of drug-likeness (QED) is 0.904. The lowest BCUT2D eigenvalue weighted by atomic mass is 10.3. The lowest BCUT2D eigenvalue weighted by molar-refractivity contribution is -0.133. The zero-order chi connectivity index (χ0) is 16.1. The van der Waals surface area contributed by atoms with Gasteiger partial charge in [0.1, 0.15) is 12.3 Å². The Morgan fingerprint density at radius 1 is 1.23 bits per heavy atom. The van der Waals surface area contributed by atoms with E-state index in [4.69, 9.17) is 27.6 Å². The predicted octanol–water partition coefficient (Wildman–Crippen LogP) is 3.57. The number of anilines is 1.